The second-order valence-corrected chi connectivity index (χ2v) is 5.51. The number of aromatic nitrogens is 2. The van der Waals surface area contributed by atoms with Gasteiger partial charge in [0.1, 0.15) is 11.6 Å². The van der Waals surface area contributed by atoms with Crippen LogP contribution in [0.15, 0.2) is 30.6 Å². The Bertz CT molecular complexity index is 621. The van der Waals surface area contributed by atoms with Crippen molar-refractivity contribution >= 4 is 0 Å². The lowest BCUT2D eigenvalue weighted by Gasteiger charge is -2.24. The smallest absolute Gasteiger partial charge is 0.119 e. The molecule has 4 nitrogen and oxygen atoms in total. The highest BCUT2D eigenvalue weighted by atomic mass is 16.5. The van der Waals surface area contributed by atoms with Crippen LogP contribution in [0.4, 0.5) is 0 Å². The van der Waals surface area contributed by atoms with Crippen LogP contribution in [0.2, 0.25) is 0 Å². The number of benzene rings is 1. The van der Waals surface area contributed by atoms with E-state index in [1.54, 1.807) is 13.3 Å². The molecule has 1 aromatic heterocycles. The third-order valence-corrected chi connectivity index (χ3v) is 4.31. The van der Waals surface area contributed by atoms with Gasteiger partial charge in [-0.3, -0.25) is 0 Å². The third-order valence-electron chi connectivity index (χ3n) is 4.31. The van der Waals surface area contributed by atoms with E-state index in [0.29, 0.717) is 6.42 Å². The average Bonchev–Trinajstić information content (AvgIpc) is 3.01. The molecule has 1 heterocycles. The number of fused-ring (bicyclic) bond motifs is 1. The number of nitrogens with zero attached hydrogens (tertiary/aromatic N) is 2. The van der Waals surface area contributed by atoms with Crippen molar-refractivity contribution in [1.82, 2.24) is 9.55 Å². The van der Waals surface area contributed by atoms with Crippen molar-refractivity contribution in [1.29, 1.82) is 0 Å². The molecule has 0 saturated heterocycles. The Morgan fingerprint density at radius 1 is 1.45 bits per heavy atom. The molecule has 1 N–H and O–H groups in total. The van der Waals surface area contributed by atoms with Crippen molar-refractivity contribution in [2.24, 2.45) is 7.05 Å². The van der Waals surface area contributed by atoms with Crippen LogP contribution in [0.5, 0.6) is 5.75 Å². The van der Waals surface area contributed by atoms with Gasteiger partial charge in [-0.1, -0.05) is 6.07 Å². The van der Waals surface area contributed by atoms with Crippen LogP contribution in [0.1, 0.15) is 29.8 Å². The number of rotatable bonds is 4. The minimum atomic E-state index is -0.754. The minimum absolute atomic E-state index is 0.692. The fraction of sp³-hybridized carbons (Fsp3) is 0.438. The van der Waals surface area contributed by atoms with Crippen molar-refractivity contribution in [2.75, 3.05) is 7.11 Å². The van der Waals surface area contributed by atoms with Crippen LogP contribution in [-0.4, -0.2) is 21.8 Å². The summed E-state index contributed by atoms with van der Waals surface area (Å²) in [5, 5.41) is 11.0. The first-order valence-corrected chi connectivity index (χ1v) is 6.98. The molecule has 20 heavy (non-hydrogen) atoms. The van der Waals surface area contributed by atoms with E-state index in [4.69, 9.17) is 4.74 Å². The zero-order chi connectivity index (χ0) is 14.2. The number of aryl methyl sites for hydroxylation is 3. The summed E-state index contributed by atoms with van der Waals surface area (Å²) in [7, 11) is 3.64. The molecule has 4 heteroatoms. The van der Waals surface area contributed by atoms with E-state index in [2.05, 4.69) is 11.1 Å². The number of hydrogen-bond donors (Lipinski definition) is 1. The SMILES string of the molecule is COc1ccc2c(c1)C(O)(CCc1nccn1C)CC2. The minimum Gasteiger partial charge on any atom is -0.497 e. The first-order chi connectivity index (χ1) is 9.62. The third kappa shape index (κ3) is 2.20. The van der Waals surface area contributed by atoms with Crippen molar-refractivity contribution in [3.8, 4) is 5.75 Å². The average molecular weight is 272 g/mol. The summed E-state index contributed by atoms with van der Waals surface area (Å²) in [6.07, 6.45) is 6.90. The largest absolute Gasteiger partial charge is 0.497 e. The van der Waals surface area contributed by atoms with Gasteiger partial charge in [0.25, 0.3) is 0 Å². The molecule has 3 rings (SSSR count). The van der Waals surface area contributed by atoms with Gasteiger partial charge in [-0.2, -0.15) is 0 Å². The van der Waals surface area contributed by atoms with Crippen LogP contribution >= 0.6 is 0 Å². The van der Waals surface area contributed by atoms with Gasteiger partial charge in [0.2, 0.25) is 0 Å². The molecule has 1 aliphatic carbocycles. The standard InChI is InChI=1S/C16H20N2O2/c1-18-10-9-17-15(18)6-8-16(19)7-5-12-3-4-13(20-2)11-14(12)16/h3-4,9-11,19H,5-8H2,1-2H3. The second-order valence-electron chi connectivity index (χ2n) is 5.51. The highest BCUT2D eigenvalue weighted by Crippen LogP contribution is 2.41. The Morgan fingerprint density at radius 2 is 2.30 bits per heavy atom. The molecule has 1 atom stereocenters. The van der Waals surface area contributed by atoms with Crippen molar-refractivity contribution in [2.45, 2.75) is 31.3 Å². The van der Waals surface area contributed by atoms with Crippen molar-refractivity contribution in [3.63, 3.8) is 0 Å². The Kier molecular flexibility index (Phi) is 3.26. The quantitative estimate of drug-likeness (QED) is 0.928. The molecule has 0 saturated carbocycles. The summed E-state index contributed by atoms with van der Waals surface area (Å²) in [4.78, 5) is 4.32. The van der Waals surface area contributed by atoms with Gasteiger partial charge in [0, 0.05) is 25.9 Å². The van der Waals surface area contributed by atoms with Gasteiger partial charge in [-0.15, -0.1) is 0 Å². The Labute approximate surface area is 119 Å². The number of aliphatic hydroxyl groups is 1. The van der Waals surface area contributed by atoms with E-state index >= 15 is 0 Å². The molecule has 0 spiro atoms. The summed E-state index contributed by atoms with van der Waals surface area (Å²) >= 11 is 0. The lowest BCUT2D eigenvalue weighted by atomic mass is 9.90. The second kappa shape index (κ2) is 4.94. The van der Waals surface area contributed by atoms with Crippen molar-refractivity contribution < 1.29 is 9.84 Å². The maximum Gasteiger partial charge on any atom is 0.119 e. The van der Waals surface area contributed by atoms with E-state index in [-0.39, 0.29) is 0 Å². The van der Waals surface area contributed by atoms with E-state index in [1.807, 2.05) is 29.9 Å². The van der Waals surface area contributed by atoms with Crippen LogP contribution in [0.25, 0.3) is 0 Å². The van der Waals surface area contributed by atoms with Crippen LogP contribution in [0.3, 0.4) is 0 Å². The summed E-state index contributed by atoms with van der Waals surface area (Å²) in [5.74, 6) is 1.82. The van der Waals surface area contributed by atoms with Gasteiger partial charge < -0.3 is 14.4 Å². The van der Waals surface area contributed by atoms with Gasteiger partial charge in [-0.05, 0) is 42.5 Å². The molecule has 0 radical (unpaired) electrons. The Balaban J connectivity index is 1.82. The summed E-state index contributed by atoms with van der Waals surface area (Å²) in [6.45, 7) is 0. The lowest BCUT2D eigenvalue weighted by molar-refractivity contribution is 0.0289. The van der Waals surface area contributed by atoms with E-state index in [0.717, 1.165) is 36.4 Å². The Morgan fingerprint density at radius 3 is 3.00 bits per heavy atom. The molecule has 1 aliphatic rings. The number of methoxy groups -OCH3 is 1. The summed E-state index contributed by atoms with van der Waals surface area (Å²) < 4.78 is 7.28. The predicted molar refractivity (Wildman–Crippen MR) is 76.7 cm³/mol. The maximum absolute atomic E-state index is 11.0. The first kappa shape index (κ1) is 13.2. The zero-order valence-electron chi connectivity index (χ0n) is 12.0. The maximum atomic E-state index is 11.0. The molecule has 0 fully saturated rings. The van der Waals surface area contributed by atoms with E-state index < -0.39 is 5.60 Å². The highest BCUT2D eigenvalue weighted by molar-refractivity contribution is 5.42. The molecule has 106 valence electrons. The summed E-state index contributed by atoms with van der Waals surface area (Å²) in [6, 6.07) is 6.00. The monoisotopic (exact) mass is 272 g/mol. The van der Waals surface area contributed by atoms with Gasteiger partial charge in [0.15, 0.2) is 0 Å². The van der Waals surface area contributed by atoms with E-state index in [1.165, 1.54) is 5.56 Å². The molecule has 0 aliphatic heterocycles. The number of hydrogen-bond acceptors (Lipinski definition) is 3. The number of imidazole rings is 1. The normalized spacial score (nSPS) is 20.9. The molecule has 0 bridgehead atoms. The first-order valence-electron chi connectivity index (χ1n) is 6.98. The van der Waals surface area contributed by atoms with Crippen LogP contribution in [-0.2, 0) is 25.5 Å². The van der Waals surface area contributed by atoms with Crippen LogP contribution in [0, 0.1) is 0 Å². The molecule has 1 aromatic carbocycles. The van der Waals surface area contributed by atoms with Gasteiger partial charge in [0.05, 0.1) is 12.7 Å². The molecular formula is C16H20N2O2. The van der Waals surface area contributed by atoms with Gasteiger partial charge >= 0.3 is 0 Å². The molecular weight excluding hydrogens is 252 g/mol. The van der Waals surface area contributed by atoms with Crippen LogP contribution < -0.4 is 4.74 Å². The fourth-order valence-corrected chi connectivity index (χ4v) is 3.03. The molecule has 2 aromatic rings. The summed E-state index contributed by atoms with van der Waals surface area (Å²) in [5.41, 5.74) is 1.50. The predicted octanol–water partition coefficient (Wildman–Crippen LogP) is 2.20. The number of ether oxygens (including phenoxy) is 1. The fourth-order valence-electron chi connectivity index (χ4n) is 3.03. The van der Waals surface area contributed by atoms with Crippen molar-refractivity contribution in [3.05, 3.63) is 47.5 Å². The molecule has 1 unspecified atom stereocenters. The zero-order valence-corrected chi connectivity index (χ0v) is 12.0. The lowest BCUT2D eigenvalue weighted by Crippen LogP contribution is -2.23. The topological polar surface area (TPSA) is 47.3 Å². The highest BCUT2D eigenvalue weighted by Gasteiger charge is 2.36. The Hall–Kier alpha value is -1.81. The van der Waals surface area contributed by atoms with E-state index in [9.17, 15) is 5.11 Å². The molecule has 0 amide bonds. The van der Waals surface area contributed by atoms with Gasteiger partial charge in [-0.25, -0.2) is 4.98 Å².